The largest absolute Gasteiger partial charge is 0.352 e. The minimum absolute atomic E-state index is 0.0158. The van der Waals surface area contributed by atoms with Crippen molar-refractivity contribution in [3.63, 3.8) is 0 Å². The van der Waals surface area contributed by atoms with Gasteiger partial charge in [0.25, 0.3) is 0 Å². The maximum absolute atomic E-state index is 12.4. The van der Waals surface area contributed by atoms with Crippen LogP contribution in [-0.4, -0.2) is 37.2 Å². The highest BCUT2D eigenvalue weighted by Gasteiger charge is 2.37. The van der Waals surface area contributed by atoms with E-state index in [-0.39, 0.29) is 24.0 Å². The van der Waals surface area contributed by atoms with Crippen molar-refractivity contribution in [1.82, 2.24) is 26.8 Å². The van der Waals surface area contributed by atoms with Crippen molar-refractivity contribution in [2.75, 3.05) is 13.2 Å². The fourth-order valence-corrected chi connectivity index (χ4v) is 4.13. The Balaban J connectivity index is 1.46. The predicted molar refractivity (Wildman–Crippen MR) is 86.8 cm³/mol. The number of hydrogen-bond acceptors (Lipinski definition) is 5. The van der Waals surface area contributed by atoms with Gasteiger partial charge >= 0.3 is 0 Å². The van der Waals surface area contributed by atoms with Crippen LogP contribution in [-0.2, 0) is 9.59 Å². The smallest absolute Gasteiger partial charge is 0.232 e. The fourth-order valence-electron chi connectivity index (χ4n) is 4.13. The van der Waals surface area contributed by atoms with E-state index in [1.807, 2.05) is 0 Å². The minimum atomic E-state index is -0.540. The van der Waals surface area contributed by atoms with Crippen LogP contribution >= 0.6 is 0 Å². The van der Waals surface area contributed by atoms with Crippen LogP contribution < -0.4 is 26.8 Å². The number of rotatable bonds is 4. The first-order chi connectivity index (χ1) is 11.1. The van der Waals surface area contributed by atoms with Gasteiger partial charge in [-0.15, -0.1) is 0 Å². The second-order valence-corrected chi connectivity index (χ2v) is 7.28. The molecule has 7 nitrogen and oxygen atoms in total. The molecule has 7 heteroatoms. The summed E-state index contributed by atoms with van der Waals surface area (Å²) in [6, 6.07) is 0.261. The normalized spacial score (nSPS) is 38.1. The van der Waals surface area contributed by atoms with Gasteiger partial charge in [-0.3, -0.25) is 14.9 Å². The molecule has 2 amide bonds. The molecular formula is C16H29N5O2. The second-order valence-electron chi connectivity index (χ2n) is 7.28. The summed E-state index contributed by atoms with van der Waals surface area (Å²) >= 11 is 0. The topological polar surface area (TPSA) is 94.3 Å². The zero-order chi connectivity index (χ0) is 16.2. The number of carbonyl (C=O) groups excluding carboxylic acids is 2. The molecule has 3 aliphatic rings. The maximum atomic E-state index is 12.4. The Morgan fingerprint density at radius 2 is 2.13 bits per heavy atom. The Kier molecular flexibility index (Phi) is 5.50. The van der Waals surface area contributed by atoms with Gasteiger partial charge in [-0.2, -0.15) is 0 Å². The van der Waals surface area contributed by atoms with E-state index in [1.165, 1.54) is 25.7 Å². The maximum Gasteiger partial charge on any atom is 0.232 e. The lowest BCUT2D eigenvalue weighted by Gasteiger charge is -2.37. The molecule has 2 saturated heterocycles. The summed E-state index contributed by atoms with van der Waals surface area (Å²) in [7, 11) is 0. The molecule has 3 rings (SSSR count). The van der Waals surface area contributed by atoms with Crippen molar-refractivity contribution >= 4 is 11.8 Å². The van der Waals surface area contributed by atoms with E-state index in [0.29, 0.717) is 25.6 Å². The molecule has 0 aromatic heterocycles. The van der Waals surface area contributed by atoms with Gasteiger partial charge in [0.2, 0.25) is 11.8 Å². The molecule has 0 aromatic rings. The van der Waals surface area contributed by atoms with Crippen LogP contribution in [0.4, 0.5) is 0 Å². The van der Waals surface area contributed by atoms with Crippen molar-refractivity contribution in [1.29, 1.82) is 0 Å². The fraction of sp³-hybridized carbons (Fsp3) is 0.875. The van der Waals surface area contributed by atoms with Crippen LogP contribution in [0.2, 0.25) is 0 Å². The Hall–Kier alpha value is -1.18. The van der Waals surface area contributed by atoms with Gasteiger partial charge < -0.3 is 10.6 Å². The van der Waals surface area contributed by atoms with Gasteiger partial charge in [0.15, 0.2) is 0 Å². The number of piperidine rings is 1. The molecule has 5 atom stereocenters. The molecular weight excluding hydrogens is 294 g/mol. The molecule has 3 fully saturated rings. The highest BCUT2D eigenvalue weighted by Crippen LogP contribution is 2.34. The Bertz CT molecular complexity index is 438. The molecule has 1 aliphatic carbocycles. The van der Waals surface area contributed by atoms with Crippen LogP contribution in [0, 0.1) is 17.8 Å². The van der Waals surface area contributed by atoms with Crippen LogP contribution in [0.3, 0.4) is 0 Å². The number of hydrogen-bond donors (Lipinski definition) is 5. The SMILES string of the molecule is CC1CCCC(C2CCC(C(=O)NCC3NCNN3)C(=O)N2)C1. The quantitative estimate of drug-likeness (QED) is 0.462. The van der Waals surface area contributed by atoms with Gasteiger partial charge in [-0.1, -0.05) is 19.8 Å². The molecule has 5 N–H and O–H groups in total. The predicted octanol–water partition coefficient (Wildman–Crippen LogP) is -0.195. The lowest BCUT2D eigenvalue weighted by molar-refractivity contribution is -0.138. The molecule has 2 heterocycles. The molecule has 1 saturated carbocycles. The average molecular weight is 323 g/mol. The number of carbonyl (C=O) groups is 2. The minimum Gasteiger partial charge on any atom is -0.352 e. The van der Waals surface area contributed by atoms with E-state index in [0.717, 1.165) is 12.3 Å². The molecule has 23 heavy (non-hydrogen) atoms. The number of amides is 2. The van der Waals surface area contributed by atoms with E-state index >= 15 is 0 Å². The summed E-state index contributed by atoms with van der Waals surface area (Å²) in [6.45, 7) is 3.44. The third-order valence-corrected chi connectivity index (χ3v) is 5.47. The molecule has 130 valence electrons. The molecule has 2 aliphatic heterocycles. The van der Waals surface area contributed by atoms with Gasteiger partial charge in [0.05, 0.1) is 12.8 Å². The van der Waals surface area contributed by atoms with Crippen LogP contribution in [0.5, 0.6) is 0 Å². The van der Waals surface area contributed by atoms with Gasteiger partial charge in [0.1, 0.15) is 5.92 Å². The first-order valence-electron chi connectivity index (χ1n) is 8.93. The van der Waals surface area contributed by atoms with Crippen LogP contribution in [0.15, 0.2) is 0 Å². The Labute approximate surface area is 137 Å². The summed E-state index contributed by atoms with van der Waals surface area (Å²) in [6.07, 6.45) is 6.57. The molecule has 0 spiro atoms. The van der Waals surface area contributed by atoms with E-state index in [2.05, 4.69) is 33.7 Å². The van der Waals surface area contributed by atoms with Crippen molar-refractivity contribution < 1.29 is 9.59 Å². The average Bonchev–Trinajstić information content (AvgIpc) is 3.06. The second kappa shape index (κ2) is 7.59. The van der Waals surface area contributed by atoms with Crippen LogP contribution in [0.25, 0.3) is 0 Å². The monoisotopic (exact) mass is 323 g/mol. The first kappa shape index (κ1) is 16.7. The molecule has 0 radical (unpaired) electrons. The van der Waals surface area contributed by atoms with E-state index < -0.39 is 5.92 Å². The summed E-state index contributed by atoms with van der Waals surface area (Å²) in [5, 5.41) is 9.13. The van der Waals surface area contributed by atoms with Crippen LogP contribution in [0.1, 0.15) is 45.4 Å². The van der Waals surface area contributed by atoms with E-state index in [4.69, 9.17) is 0 Å². The third-order valence-electron chi connectivity index (χ3n) is 5.47. The lowest BCUT2D eigenvalue weighted by atomic mass is 9.75. The van der Waals surface area contributed by atoms with Gasteiger partial charge in [-0.05, 0) is 37.5 Å². The highest BCUT2D eigenvalue weighted by atomic mass is 16.2. The number of hydrazine groups is 1. The Morgan fingerprint density at radius 3 is 2.83 bits per heavy atom. The molecule has 0 bridgehead atoms. The van der Waals surface area contributed by atoms with E-state index in [9.17, 15) is 9.59 Å². The summed E-state index contributed by atoms with van der Waals surface area (Å²) in [5.74, 6) is 0.550. The van der Waals surface area contributed by atoms with Crippen molar-refractivity contribution in [2.45, 2.75) is 57.7 Å². The zero-order valence-electron chi connectivity index (χ0n) is 13.9. The van der Waals surface area contributed by atoms with Crippen molar-refractivity contribution in [2.24, 2.45) is 17.8 Å². The summed E-state index contributed by atoms with van der Waals surface area (Å²) < 4.78 is 0. The van der Waals surface area contributed by atoms with E-state index in [1.54, 1.807) is 0 Å². The van der Waals surface area contributed by atoms with Gasteiger partial charge in [-0.25, -0.2) is 10.9 Å². The zero-order valence-corrected chi connectivity index (χ0v) is 13.9. The number of nitrogens with one attached hydrogen (secondary N) is 5. The summed E-state index contributed by atoms with van der Waals surface area (Å²) in [4.78, 5) is 24.6. The third kappa shape index (κ3) is 4.22. The van der Waals surface area contributed by atoms with Crippen molar-refractivity contribution in [3.05, 3.63) is 0 Å². The molecule has 5 unspecified atom stereocenters. The molecule has 0 aromatic carbocycles. The van der Waals surface area contributed by atoms with Crippen molar-refractivity contribution in [3.8, 4) is 0 Å². The van der Waals surface area contributed by atoms with Gasteiger partial charge in [0, 0.05) is 12.6 Å². The standard InChI is InChI=1S/C16H29N5O2/c1-10-3-2-4-11(7-10)13-6-5-12(16(23)20-13)15(22)17-8-14-18-9-19-21-14/h10-14,18-19,21H,2-9H2,1H3,(H,17,22)(H,20,23). The first-order valence-corrected chi connectivity index (χ1v) is 8.93. The highest BCUT2D eigenvalue weighted by molar-refractivity contribution is 6.00. The lowest BCUT2D eigenvalue weighted by Crippen LogP contribution is -2.54. The Morgan fingerprint density at radius 1 is 1.26 bits per heavy atom. The summed E-state index contributed by atoms with van der Waals surface area (Å²) in [5.41, 5.74) is 5.94.